The highest BCUT2D eigenvalue weighted by molar-refractivity contribution is 8.15. The van der Waals surface area contributed by atoms with Crippen LogP contribution in [-0.4, -0.2) is 27.4 Å². The van der Waals surface area contributed by atoms with Gasteiger partial charge in [-0.3, -0.25) is 4.79 Å². The summed E-state index contributed by atoms with van der Waals surface area (Å²) >= 11 is 1.05. The molecule has 0 spiro atoms. The zero-order valence-corrected chi connectivity index (χ0v) is 9.94. The molecule has 1 aliphatic rings. The van der Waals surface area contributed by atoms with Gasteiger partial charge >= 0.3 is 0 Å². The number of hydrogen-bond donors (Lipinski definition) is 2. The number of benzene rings is 1. The van der Waals surface area contributed by atoms with Crippen LogP contribution in [0.2, 0.25) is 0 Å². The molecule has 0 unspecified atom stereocenters. The molecule has 1 amide bonds. The molecule has 0 radical (unpaired) electrons. The lowest BCUT2D eigenvalue weighted by atomic mass is 10.3. The van der Waals surface area contributed by atoms with Crippen LogP contribution in [0, 0.1) is 0 Å². The van der Waals surface area contributed by atoms with Gasteiger partial charge in [-0.05, 0) is 24.3 Å². The van der Waals surface area contributed by atoms with Gasteiger partial charge in [0.1, 0.15) is 5.75 Å². The number of hydrogen-bond acceptors (Lipinski definition) is 6. The monoisotopic (exact) mass is 265 g/mol. The van der Waals surface area contributed by atoms with E-state index in [9.17, 15) is 14.7 Å². The second kappa shape index (κ2) is 5.09. The van der Waals surface area contributed by atoms with E-state index in [0.29, 0.717) is 10.9 Å². The average molecular weight is 265 g/mol. The lowest BCUT2D eigenvalue weighted by molar-refractivity contribution is -0.305. The molecular weight excluding hydrogens is 256 g/mol. The normalized spacial score (nSPS) is 21.0. The number of nitrogens with zero attached hydrogens (tertiary/aromatic N) is 1. The minimum atomic E-state index is -1.27. The van der Waals surface area contributed by atoms with Crippen molar-refractivity contribution in [2.75, 3.05) is 0 Å². The van der Waals surface area contributed by atoms with Crippen LogP contribution in [-0.2, 0) is 9.59 Å². The summed E-state index contributed by atoms with van der Waals surface area (Å²) in [6, 6.07) is 6.11. The summed E-state index contributed by atoms with van der Waals surface area (Å²) in [6.07, 6.45) is -0.342. The van der Waals surface area contributed by atoms with Gasteiger partial charge < -0.3 is 20.3 Å². The SMILES string of the molecule is O=C([O-])C[C@@H]1SC(=Nc2ccc(O)cc2)NC1=O. The molecule has 1 aromatic rings. The molecule has 18 heavy (non-hydrogen) atoms. The highest BCUT2D eigenvalue weighted by atomic mass is 32.2. The summed E-state index contributed by atoms with van der Waals surface area (Å²) < 4.78 is 0. The van der Waals surface area contributed by atoms with Crippen molar-refractivity contribution in [1.82, 2.24) is 5.32 Å². The Balaban J connectivity index is 2.09. The van der Waals surface area contributed by atoms with Crippen LogP contribution in [0.3, 0.4) is 0 Å². The number of carbonyl (C=O) groups is 2. The number of amidine groups is 1. The summed E-state index contributed by atoms with van der Waals surface area (Å²) in [5.74, 6) is -1.54. The predicted octanol–water partition coefficient (Wildman–Crippen LogP) is -0.249. The molecule has 1 saturated heterocycles. The van der Waals surface area contributed by atoms with E-state index in [1.165, 1.54) is 12.1 Å². The first-order chi connectivity index (χ1) is 8.54. The number of nitrogens with one attached hydrogen (secondary N) is 1. The number of phenols is 1. The van der Waals surface area contributed by atoms with Crippen molar-refractivity contribution < 1.29 is 19.8 Å². The molecule has 2 rings (SSSR count). The Labute approximate surface area is 107 Å². The molecule has 94 valence electrons. The molecule has 2 N–H and O–H groups in total. The number of phenolic OH excluding ortho intramolecular Hbond substituents is 1. The minimum absolute atomic E-state index is 0.122. The lowest BCUT2D eigenvalue weighted by Gasteiger charge is -2.04. The first-order valence-electron chi connectivity index (χ1n) is 5.09. The first kappa shape index (κ1) is 12.4. The summed E-state index contributed by atoms with van der Waals surface area (Å²) in [4.78, 5) is 26.0. The fourth-order valence-electron chi connectivity index (χ4n) is 1.39. The fourth-order valence-corrected chi connectivity index (χ4v) is 2.36. The van der Waals surface area contributed by atoms with Crippen LogP contribution in [0.4, 0.5) is 5.69 Å². The maximum Gasteiger partial charge on any atom is 0.239 e. The van der Waals surface area contributed by atoms with E-state index < -0.39 is 11.2 Å². The van der Waals surface area contributed by atoms with E-state index in [1.807, 2.05) is 0 Å². The highest BCUT2D eigenvalue weighted by Gasteiger charge is 2.30. The van der Waals surface area contributed by atoms with Gasteiger partial charge in [0, 0.05) is 12.4 Å². The van der Waals surface area contributed by atoms with Crippen LogP contribution in [0.1, 0.15) is 6.42 Å². The van der Waals surface area contributed by atoms with Gasteiger partial charge in [-0.25, -0.2) is 4.99 Å². The number of aliphatic imine (C=N–C) groups is 1. The van der Waals surface area contributed by atoms with E-state index in [2.05, 4.69) is 10.3 Å². The van der Waals surface area contributed by atoms with E-state index in [-0.39, 0.29) is 18.1 Å². The molecule has 6 nitrogen and oxygen atoms in total. The molecular formula is C11H9N2O4S-. The second-order valence-corrected chi connectivity index (χ2v) is 4.80. The smallest absolute Gasteiger partial charge is 0.239 e. The maximum atomic E-state index is 11.4. The van der Waals surface area contributed by atoms with Gasteiger partial charge in [0.15, 0.2) is 5.17 Å². The molecule has 1 heterocycles. The molecule has 0 aromatic heterocycles. The largest absolute Gasteiger partial charge is 0.550 e. The van der Waals surface area contributed by atoms with E-state index in [0.717, 1.165) is 11.8 Å². The topological polar surface area (TPSA) is 102 Å². The number of carboxylic acid groups (broad SMARTS) is 1. The van der Waals surface area contributed by atoms with Gasteiger partial charge in [0.25, 0.3) is 0 Å². The molecule has 0 saturated carbocycles. The van der Waals surface area contributed by atoms with Gasteiger partial charge in [0.05, 0.1) is 10.9 Å². The highest BCUT2D eigenvalue weighted by Crippen LogP contribution is 2.25. The predicted molar refractivity (Wildman–Crippen MR) is 64.3 cm³/mol. The van der Waals surface area contributed by atoms with Crippen LogP contribution >= 0.6 is 11.8 Å². The Bertz CT molecular complexity index is 512. The molecule has 7 heteroatoms. The van der Waals surface area contributed by atoms with Crippen LogP contribution in [0.5, 0.6) is 5.75 Å². The molecule has 0 aliphatic carbocycles. The maximum absolute atomic E-state index is 11.4. The van der Waals surface area contributed by atoms with Crippen molar-refractivity contribution in [3.8, 4) is 5.75 Å². The number of rotatable bonds is 3. The second-order valence-electron chi connectivity index (χ2n) is 3.61. The number of amides is 1. The molecule has 1 aliphatic heterocycles. The Kier molecular flexibility index (Phi) is 3.52. The molecule has 1 fully saturated rings. The average Bonchev–Trinajstić information content (AvgIpc) is 2.62. The Hall–Kier alpha value is -2.02. The summed E-state index contributed by atoms with van der Waals surface area (Å²) in [5, 5.41) is 21.7. The van der Waals surface area contributed by atoms with Crippen molar-refractivity contribution >= 4 is 34.5 Å². The van der Waals surface area contributed by atoms with E-state index in [4.69, 9.17) is 5.11 Å². The first-order valence-corrected chi connectivity index (χ1v) is 5.97. The van der Waals surface area contributed by atoms with E-state index >= 15 is 0 Å². The van der Waals surface area contributed by atoms with Gasteiger partial charge in [-0.2, -0.15) is 0 Å². The molecule has 1 aromatic carbocycles. The third-order valence-corrected chi connectivity index (χ3v) is 3.29. The zero-order chi connectivity index (χ0) is 13.1. The quantitative estimate of drug-likeness (QED) is 0.784. The van der Waals surface area contributed by atoms with Crippen LogP contribution in [0.15, 0.2) is 29.3 Å². The number of thioether (sulfide) groups is 1. The summed E-state index contributed by atoms with van der Waals surface area (Å²) in [7, 11) is 0. The van der Waals surface area contributed by atoms with Crippen LogP contribution < -0.4 is 10.4 Å². The van der Waals surface area contributed by atoms with Crippen molar-refractivity contribution in [1.29, 1.82) is 0 Å². The number of aromatic hydroxyl groups is 1. The number of carboxylic acids is 1. The standard InChI is InChI=1S/C11H10N2O4S/c14-7-3-1-6(2-4-7)12-11-13-10(17)8(18-11)5-9(15)16/h1-4,8,14H,5H2,(H,15,16)(H,12,13,17)/p-1/t8-/m0/s1. The van der Waals surface area contributed by atoms with Gasteiger partial charge in [-0.15, -0.1) is 0 Å². The van der Waals surface area contributed by atoms with Crippen LogP contribution in [0.25, 0.3) is 0 Å². The number of aliphatic carboxylic acids is 1. The third-order valence-electron chi connectivity index (χ3n) is 2.21. The Morgan fingerprint density at radius 2 is 2.11 bits per heavy atom. The molecule has 0 bridgehead atoms. The van der Waals surface area contributed by atoms with Crippen molar-refractivity contribution in [3.63, 3.8) is 0 Å². The Morgan fingerprint density at radius 1 is 1.44 bits per heavy atom. The van der Waals surface area contributed by atoms with Crippen molar-refractivity contribution in [3.05, 3.63) is 24.3 Å². The Morgan fingerprint density at radius 3 is 2.72 bits per heavy atom. The summed E-state index contributed by atoms with van der Waals surface area (Å²) in [5.41, 5.74) is 0.560. The van der Waals surface area contributed by atoms with Gasteiger partial charge in [0.2, 0.25) is 5.91 Å². The minimum Gasteiger partial charge on any atom is -0.550 e. The number of carbonyl (C=O) groups excluding carboxylic acids is 2. The third kappa shape index (κ3) is 3.01. The van der Waals surface area contributed by atoms with Gasteiger partial charge in [-0.1, -0.05) is 11.8 Å². The van der Waals surface area contributed by atoms with E-state index in [1.54, 1.807) is 12.1 Å². The fraction of sp³-hybridized carbons (Fsp3) is 0.182. The zero-order valence-electron chi connectivity index (χ0n) is 9.12. The lowest BCUT2D eigenvalue weighted by Crippen LogP contribution is -2.31. The van der Waals surface area contributed by atoms with Crippen molar-refractivity contribution in [2.45, 2.75) is 11.7 Å². The van der Waals surface area contributed by atoms with Crippen molar-refractivity contribution in [2.24, 2.45) is 4.99 Å². The molecule has 1 atom stereocenters. The summed E-state index contributed by atoms with van der Waals surface area (Å²) in [6.45, 7) is 0.